The lowest BCUT2D eigenvalue weighted by Crippen LogP contribution is -2.29. The standard InChI is InChI=1S/C17H19N3O3/c1-11-9-14(21)7-8-15(11)19-17(23)16(22)18-12-5-4-6-13(10-12)20(2)3/h4-10,21H,1-3H3,(H,18,22)(H,19,23). The van der Waals surface area contributed by atoms with E-state index < -0.39 is 11.8 Å². The second-order valence-electron chi connectivity index (χ2n) is 5.35. The fraction of sp³-hybridized carbons (Fsp3) is 0.176. The third kappa shape index (κ3) is 4.23. The molecular formula is C17H19N3O3. The number of anilines is 3. The first kappa shape index (κ1) is 16.4. The van der Waals surface area contributed by atoms with Crippen molar-refractivity contribution >= 4 is 28.9 Å². The Morgan fingerprint density at radius 1 is 1.00 bits per heavy atom. The first-order chi connectivity index (χ1) is 10.9. The van der Waals surface area contributed by atoms with Crippen LogP contribution in [0.1, 0.15) is 5.56 Å². The number of nitrogens with zero attached hydrogens (tertiary/aromatic N) is 1. The van der Waals surface area contributed by atoms with Crippen LogP contribution in [0.2, 0.25) is 0 Å². The van der Waals surface area contributed by atoms with E-state index in [9.17, 15) is 14.7 Å². The molecule has 6 heteroatoms. The lowest BCUT2D eigenvalue weighted by Gasteiger charge is -2.14. The van der Waals surface area contributed by atoms with Gasteiger partial charge in [-0.15, -0.1) is 0 Å². The van der Waals surface area contributed by atoms with Crippen LogP contribution in [0, 0.1) is 6.92 Å². The van der Waals surface area contributed by atoms with E-state index >= 15 is 0 Å². The van der Waals surface area contributed by atoms with Crippen molar-refractivity contribution in [3.8, 4) is 5.75 Å². The van der Waals surface area contributed by atoms with Gasteiger partial charge in [0, 0.05) is 31.2 Å². The molecule has 2 aromatic carbocycles. The molecule has 0 unspecified atom stereocenters. The summed E-state index contributed by atoms with van der Waals surface area (Å²) >= 11 is 0. The first-order valence-corrected chi connectivity index (χ1v) is 7.06. The van der Waals surface area contributed by atoms with Gasteiger partial charge >= 0.3 is 11.8 Å². The Morgan fingerprint density at radius 3 is 2.35 bits per heavy atom. The molecule has 2 rings (SSSR count). The van der Waals surface area contributed by atoms with Crippen LogP contribution in [0.5, 0.6) is 5.75 Å². The van der Waals surface area contributed by atoms with Gasteiger partial charge < -0.3 is 20.6 Å². The number of phenolic OH excluding ortho intramolecular Hbond substituents is 1. The Labute approximate surface area is 134 Å². The zero-order valence-electron chi connectivity index (χ0n) is 13.3. The number of hydrogen-bond acceptors (Lipinski definition) is 4. The van der Waals surface area contributed by atoms with Crippen molar-refractivity contribution < 1.29 is 14.7 Å². The number of carbonyl (C=O) groups excluding carboxylic acids is 2. The maximum atomic E-state index is 12.0. The average molecular weight is 313 g/mol. The quantitative estimate of drug-likeness (QED) is 0.600. The highest BCUT2D eigenvalue weighted by Crippen LogP contribution is 2.20. The van der Waals surface area contributed by atoms with Crippen LogP contribution in [0.25, 0.3) is 0 Å². The summed E-state index contributed by atoms with van der Waals surface area (Å²) in [5.74, 6) is -1.42. The monoisotopic (exact) mass is 313 g/mol. The van der Waals surface area contributed by atoms with Gasteiger partial charge in [0.25, 0.3) is 0 Å². The number of rotatable bonds is 3. The normalized spacial score (nSPS) is 10.0. The third-order valence-corrected chi connectivity index (χ3v) is 3.28. The molecule has 0 radical (unpaired) electrons. The zero-order chi connectivity index (χ0) is 17.0. The summed E-state index contributed by atoms with van der Waals surface area (Å²) < 4.78 is 0. The molecule has 0 bridgehead atoms. The molecule has 120 valence electrons. The van der Waals surface area contributed by atoms with Gasteiger partial charge in [0.1, 0.15) is 5.75 Å². The second-order valence-corrected chi connectivity index (χ2v) is 5.35. The van der Waals surface area contributed by atoms with Gasteiger partial charge in [-0.3, -0.25) is 9.59 Å². The minimum Gasteiger partial charge on any atom is -0.508 e. The molecule has 0 aliphatic heterocycles. The summed E-state index contributed by atoms with van der Waals surface area (Å²) in [6.07, 6.45) is 0. The molecule has 0 heterocycles. The highest BCUT2D eigenvalue weighted by Gasteiger charge is 2.15. The van der Waals surface area contributed by atoms with Crippen LogP contribution in [0.15, 0.2) is 42.5 Å². The zero-order valence-corrected chi connectivity index (χ0v) is 13.3. The van der Waals surface area contributed by atoms with Gasteiger partial charge in [-0.05, 0) is 48.9 Å². The smallest absolute Gasteiger partial charge is 0.314 e. The predicted octanol–water partition coefficient (Wildman–Crippen LogP) is 2.34. The van der Waals surface area contributed by atoms with Crippen molar-refractivity contribution in [2.24, 2.45) is 0 Å². The molecule has 2 amide bonds. The van der Waals surface area contributed by atoms with Gasteiger partial charge in [-0.1, -0.05) is 6.07 Å². The molecule has 3 N–H and O–H groups in total. The van der Waals surface area contributed by atoms with E-state index in [0.717, 1.165) is 5.69 Å². The van der Waals surface area contributed by atoms with Gasteiger partial charge in [0.2, 0.25) is 0 Å². The van der Waals surface area contributed by atoms with Crippen molar-refractivity contribution in [2.45, 2.75) is 6.92 Å². The van der Waals surface area contributed by atoms with E-state index in [1.54, 1.807) is 31.2 Å². The number of phenols is 1. The highest BCUT2D eigenvalue weighted by molar-refractivity contribution is 6.43. The minimum absolute atomic E-state index is 0.102. The maximum absolute atomic E-state index is 12.0. The Hall–Kier alpha value is -3.02. The van der Waals surface area contributed by atoms with Crippen molar-refractivity contribution in [3.63, 3.8) is 0 Å². The molecule has 23 heavy (non-hydrogen) atoms. The third-order valence-electron chi connectivity index (χ3n) is 3.28. The fourth-order valence-corrected chi connectivity index (χ4v) is 2.02. The number of aryl methyl sites for hydroxylation is 1. The Bertz CT molecular complexity index is 742. The summed E-state index contributed by atoms with van der Waals surface area (Å²) in [5.41, 5.74) is 2.60. The van der Waals surface area contributed by atoms with Crippen LogP contribution in [-0.2, 0) is 9.59 Å². The second kappa shape index (κ2) is 6.83. The van der Waals surface area contributed by atoms with Crippen molar-refractivity contribution in [3.05, 3.63) is 48.0 Å². The summed E-state index contributed by atoms with van der Waals surface area (Å²) in [6, 6.07) is 11.7. The number of nitrogens with one attached hydrogen (secondary N) is 2. The number of amides is 2. The molecule has 0 aromatic heterocycles. The van der Waals surface area contributed by atoms with Crippen LogP contribution in [-0.4, -0.2) is 31.0 Å². The van der Waals surface area contributed by atoms with E-state index in [4.69, 9.17) is 0 Å². The summed E-state index contributed by atoms with van der Waals surface area (Å²) in [4.78, 5) is 25.9. The molecule has 0 atom stereocenters. The van der Waals surface area contributed by atoms with E-state index in [-0.39, 0.29) is 5.75 Å². The molecule has 0 spiro atoms. The lowest BCUT2D eigenvalue weighted by atomic mass is 10.2. The van der Waals surface area contributed by atoms with Crippen LogP contribution >= 0.6 is 0 Å². The number of aromatic hydroxyl groups is 1. The number of carbonyl (C=O) groups is 2. The van der Waals surface area contributed by atoms with E-state index in [0.29, 0.717) is 16.9 Å². The Balaban J connectivity index is 2.05. The Kier molecular flexibility index (Phi) is 4.85. The molecule has 0 saturated carbocycles. The highest BCUT2D eigenvalue weighted by atomic mass is 16.3. The minimum atomic E-state index is -0.769. The number of benzene rings is 2. The van der Waals surface area contributed by atoms with Gasteiger partial charge in [0.05, 0.1) is 0 Å². The summed E-state index contributed by atoms with van der Waals surface area (Å²) in [7, 11) is 3.78. The van der Waals surface area contributed by atoms with Crippen LogP contribution < -0.4 is 15.5 Å². The van der Waals surface area contributed by atoms with Gasteiger partial charge in [-0.2, -0.15) is 0 Å². The van der Waals surface area contributed by atoms with Crippen molar-refractivity contribution in [1.29, 1.82) is 0 Å². The topological polar surface area (TPSA) is 81.7 Å². The maximum Gasteiger partial charge on any atom is 0.314 e. The van der Waals surface area contributed by atoms with Crippen LogP contribution in [0.4, 0.5) is 17.1 Å². The molecule has 0 aliphatic carbocycles. The van der Waals surface area contributed by atoms with Crippen LogP contribution in [0.3, 0.4) is 0 Å². The van der Waals surface area contributed by atoms with Gasteiger partial charge in [0.15, 0.2) is 0 Å². The molecule has 0 saturated heterocycles. The van der Waals surface area contributed by atoms with E-state index in [1.165, 1.54) is 12.1 Å². The van der Waals surface area contributed by atoms with E-state index in [1.807, 2.05) is 25.1 Å². The largest absolute Gasteiger partial charge is 0.508 e. The van der Waals surface area contributed by atoms with E-state index in [2.05, 4.69) is 10.6 Å². The van der Waals surface area contributed by atoms with Crippen molar-refractivity contribution in [1.82, 2.24) is 0 Å². The molecule has 0 fully saturated rings. The number of hydrogen-bond donors (Lipinski definition) is 3. The van der Waals surface area contributed by atoms with Gasteiger partial charge in [-0.25, -0.2) is 0 Å². The fourth-order valence-electron chi connectivity index (χ4n) is 2.02. The summed E-state index contributed by atoms with van der Waals surface area (Å²) in [6.45, 7) is 1.73. The molecule has 0 aliphatic rings. The lowest BCUT2D eigenvalue weighted by molar-refractivity contribution is -0.133. The molecular weight excluding hydrogens is 294 g/mol. The van der Waals surface area contributed by atoms with Crippen molar-refractivity contribution in [2.75, 3.05) is 29.6 Å². The first-order valence-electron chi connectivity index (χ1n) is 7.06. The predicted molar refractivity (Wildman–Crippen MR) is 90.9 cm³/mol. The SMILES string of the molecule is Cc1cc(O)ccc1NC(=O)C(=O)Nc1cccc(N(C)C)c1. The Morgan fingerprint density at radius 2 is 1.70 bits per heavy atom. The summed E-state index contributed by atoms with van der Waals surface area (Å²) in [5, 5.41) is 14.4. The molecule has 6 nitrogen and oxygen atoms in total. The molecule has 2 aromatic rings. The average Bonchev–Trinajstić information content (AvgIpc) is 2.50.